The van der Waals surface area contributed by atoms with Crippen LogP contribution >= 0.6 is 0 Å². The summed E-state index contributed by atoms with van der Waals surface area (Å²) in [5.41, 5.74) is 4.08. The number of aryl methyl sites for hydroxylation is 1. The second-order valence-corrected chi connectivity index (χ2v) is 9.01. The Bertz CT molecular complexity index is 1130. The molecule has 7 heteroatoms. The summed E-state index contributed by atoms with van der Waals surface area (Å²) in [6, 6.07) is 16.5. The molecule has 2 aliphatic rings. The first-order chi connectivity index (χ1) is 16.1. The maximum absolute atomic E-state index is 13.5. The number of benzene rings is 2. The van der Waals surface area contributed by atoms with Crippen molar-refractivity contribution in [1.82, 2.24) is 19.3 Å². The van der Waals surface area contributed by atoms with Crippen molar-refractivity contribution in [3.8, 4) is 5.75 Å². The SMILES string of the molecule is Cn1c(C(=O)N2CCOc3ccc(CN4CCN(CCO)CC4)cc3C2)cc2ccccc21. The molecule has 0 aliphatic carbocycles. The molecule has 0 saturated carbocycles. The Morgan fingerprint density at radius 3 is 2.58 bits per heavy atom. The van der Waals surface area contributed by atoms with Crippen molar-refractivity contribution < 1.29 is 14.6 Å². The van der Waals surface area contributed by atoms with E-state index in [1.165, 1.54) is 5.56 Å². The molecule has 5 rings (SSSR count). The number of rotatable bonds is 5. The van der Waals surface area contributed by atoms with Gasteiger partial charge in [-0.25, -0.2) is 0 Å². The highest BCUT2D eigenvalue weighted by Crippen LogP contribution is 2.27. The topological polar surface area (TPSA) is 61.2 Å². The van der Waals surface area contributed by atoms with E-state index >= 15 is 0 Å². The van der Waals surface area contributed by atoms with E-state index in [1.54, 1.807) is 0 Å². The van der Waals surface area contributed by atoms with Crippen LogP contribution in [0.25, 0.3) is 10.9 Å². The van der Waals surface area contributed by atoms with Crippen LogP contribution < -0.4 is 4.74 Å². The zero-order chi connectivity index (χ0) is 22.8. The Labute approximate surface area is 194 Å². The van der Waals surface area contributed by atoms with E-state index in [2.05, 4.69) is 28.0 Å². The highest BCUT2D eigenvalue weighted by molar-refractivity contribution is 5.98. The quantitative estimate of drug-likeness (QED) is 0.649. The summed E-state index contributed by atoms with van der Waals surface area (Å²) < 4.78 is 7.98. The van der Waals surface area contributed by atoms with Gasteiger partial charge < -0.3 is 19.3 Å². The van der Waals surface area contributed by atoms with Crippen LogP contribution in [0.2, 0.25) is 0 Å². The van der Waals surface area contributed by atoms with Crippen molar-refractivity contribution in [2.45, 2.75) is 13.1 Å². The minimum absolute atomic E-state index is 0.0376. The fourth-order valence-corrected chi connectivity index (χ4v) is 4.95. The first-order valence-electron chi connectivity index (χ1n) is 11.8. The number of hydrogen-bond acceptors (Lipinski definition) is 5. The van der Waals surface area contributed by atoms with Gasteiger partial charge in [-0.3, -0.25) is 14.6 Å². The molecule has 174 valence electrons. The number of nitrogens with zero attached hydrogens (tertiary/aromatic N) is 4. The molecule has 1 aromatic heterocycles. The molecule has 0 radical (unpaired) electrons. The molecule has 0 atom stereocenters. The van der Waals surface area contributed by atoms with E-state index in [4.69, 9.17) is 9.84 Å². The van der Waals surface area contributed by atoms with Crippen molar-refractivity contribution in [2.24, 2.45) is 7.05 Å². The van der Waals surface area contributed by atoms with E-state index in [1.807, 2.05) is 46.8 Å². The zero-order valence-electron chi connectivity index (χ0n) is 19.2. The predicted octanol–water partition coefficient (Wildman–Crippen LogP) is 2.32. The molecule has 33 heavy (non-hydrogen) atoms. The minimum atomic E-state index is 0.0376. The predicted molar refractivity (Wildman–Crippen MR) is 128 cm³/mol. The van der Waals surface area contributed by atoms with Gasteiger partial charge in [0.1, 0.15) is 18.1 Å². The monoisotopic (exact) mass is 448 g/mol. The van der Waals surface area contributed by atoms with Gasteiger partial charge in [-0.2, -0.15) is 0 Å². The molecule has 0 unspecified atom stereocenters. The average Bonchev–Trinajstić information content (AvgIpc) is 3.02. The Morgan fingerprint density at radius 2 is 1.79 bits per heavy atom. The van der Waals surface area contributed by atoms with Crippen molar-refractivity contribution in [2.75, 3.05) is 52.5 Å². The molecule has 2 aromatic carbocycles. The average molecular weight is 449 g/mol. The number of carbonyl (C=O) groups excluding carboxylic acids is 1. The number of amides is 1. The largest absolute Gasteiger partial charge is 0.491 e. The smallest absolute Gasteiger partial charge is 0.270 e. The molecule has 7 nitrogen and oxygen atoms in total. The number of ether oxygens (including phenoxy) is 1. The Hall–Kier alpha value is -2.87. The summed E-state index contributed by atoms with van der Waals surface area (Å²) >= 11 is 0. The zero-order valence-corrected chi connectivity index (χ0v) is 19.2. The number of aromatic nitrogens is 1. The highest BCUT2D eigenvalue weighted by Gasteiger charge is 2.24. The van der Waals surface area contributed by atoms with Gasteiger partial charge in [0.15, 0.2) is 0 Å². The van der Waals surface area contributed by atoms with E-state index < -0.39 is 0 Å². The van der Waals surface area contributed by atoms with Crippen LogP contribution in [0.1, 0.15) is 21.6 Å². The van der Waals surface area contributed by atoms with Crippen molar-refractivity contribution in [1.29, 1.82) is 0 Å². The number of piperazine rings is 1. The second kappa shape index (κ2) is 9.55. The van der Waals surface area contributed by atoms with Crippen molar-refractivity contribution >= 4 is 16.8 Å². The summed E-state index contributed by atoms with van der Waals surface area (Å²) in [6.07, 6.45) is 0. The number of aliphatic hydroxyl groups is 1. The summed E-state index contributed by atoms with van der Waals surface area (Å²) in [6.45, 7) is 7.45. The van der Waals surface area contributed by atoms with Crippen LogP contribution in [0, 0.1) is 0 Å². The molecular formula is C26H32N4O3. The normalized spacial score (nSPS) is 17.6. The highest BCUT2D eigenvalue weighted by atomic mass is 16.5. The van der Waals surface area contributed by atoms with Gasteiger partial charge in [-0.15, -0.1) is 0 Å². The molecule has 3 aromatic rings. The van der Waals surface area contributed by atoms with Crippen LogP contribution in [0.3, 0.4) is 0 Å². The van der Waals surface area contributed by atoms with Crippen LogP contribution in [-0.4, -0.2) is 82.8 Å². The number of carbonyl (C=O) groups is 1. The molecule has 1 fully saturated rings. The van der Waals surface area contributed by atoms with Gasteiger partial charge in [-0.1, -0.05) is 24.3 Å². The van der Waals surface area contributed by atoms with Gasteiger partial charge in [0.2, 0.25) is 0 Å². The lowest BCUT2D eigenvalue weighted by molar-refractivity contribution is 0.0724. The number of para-hydroxylation sites is 1. The van der Waals surface area contributed by atoms with Crippen LogP contribution in [0.4, 0.5) is 0 Å². The Balaban J connectivity index is 1.31. The lowest BCUT2D eigenvalue weighted by Gasteiger charge is -2.34. The van der Waals surface area contributed by atoms with Gasteiger partial charge in [-0.05, 0) is 29.8 Å². The molecule has 3 heterocycles. The summed E-state index contributed by atoms with van der Waals surface area (Å²) in [4.78, 5) is 20.1. The molecule has 0 bridgehead atoms. The van der Waals surface area contributed by atoms with Gasteiger partial charge in [0.05, 0.1) is 13.2 Å². The van der Waals surface area contributed by atoms with E-state index in [0.29, 0.717) is 25.4 Å². The van der Waals surface area contributed by atoms with Gasteiger partial charge in [0, 0.05) is 69.3 Å². The van der Waals surface area contributed by atoms with Crippen LogP contribution in [0.5, 0.6) is 5.75 Å². The molecule has 1 amide bonds. The fraction of sp³-hybridized carbons (Fsp3) is 0.423. The second-order valence-electron chi connectivity index (χ2n) is 9.01. The first kappa shape index (κ1) is 21.9. The minimum Gasteiger partial charge on any atom is -0.491 e. The lowest BCUT2D eigenvalue weighted by atomic mass is 10.1. The van der Waals surface area contributed by atoms with Crippen LogP contribution in [-0.2, 0) is 20.1 Å². The third-order valence-electron chi connectivity index (χ3n) is 6.85. The number of hydrogen-bond donors (Lipinski definition) is 1. The summed E-state index contributed by atoms with van der Waals surface area (Å²) in [5, 5.41) is 10.2. The molecular weight excluding hydrogens is 416 g/mol. The molecule has 1 N–H and O–H groups in total. The first-order valence-corrected chi connectivity index (χ1v) is 11.8. The summed E-state index contributed by atoms with van der Waals surface area (Å²) in [5.74, 6) is 0.911. The standard InChI is InChI=1S/C26H32N4O3/c1-27-23-5-3-2-4-21(23)17-24(27)26(32)30-13-15-33-25-7-6-20(16-22(25)19-30)18-29-10-8-28(9-11-29)12-14-31/h2-7,16-17,31H,8-15,18-19H2,1H3. The van der Waals surface area contributed by atoms with Gasteiger partial charge >= 0.3 is 0 Å². The number of β-amino-alcohol motifs (C(OH)–C–C–N with tert-alkyl or cyclic N) is 1. The fourth-order valence-electron chi connectivity index (χ4n) is 4.95. The van der Waals surface area contributed by atoms with Crippen molar-refractivity contribution in [3.05, 3.63) is 65.4 Å². The van der Waals surface area contributed by atoms with E-state index in [9.17, 15) is 4.79 Å². The Morgan fingerprint density at radius 1 is 1.00 bits per heavy atom. The maximum Gasteiger partial charge on any atom is 0.270 e. The van der Waals surface area contributed by atoms with E-state index in [-0.39, 0.29) is 12.5 Å². The van der Waals surface area contributed by atoms with Crippen molar-refractivity contribution in [3.63, 3.8) is 0 Å². The molecule has 1 saturated heterocycles. The van der Waals surface area contributed by atoms with Gasteiger partial charge in [0.25, 0.3) is 5.91 Å². The Kier molecular flexibility index (Phi) is 6.35. The maximum atomic E-state index is 13.5. The van der Waals surface area contributed by atoms with Crippen LogP contribution in [0.15, 0.2) is 48.5 Å². The number of fused-ring (bicyclic) bond motifs is 2. The molecule has 0 spiro atoms. The number of aliphatic hydroxyl groups excluding tert-OH is 1. The molecule has 2 aliphatic heterocycles. The lowest BCUT2D eigenvalue weighted by Crippen LogP contribution is -2.46. The third kappa shape index (κ3) is 4.62. The van der Waals surface area contributed by atoms with E-state index in [0.717, 1.165) is 61.5 Å². The summed E-state index contributed by atoms with van der Waals surface area (Å²) in [7, 11) is 1.95. The third-order valence-corrected chi connectivity index (χ3v) is 6.85.